The van der Waals surface area contributed by atoms with Gasteiger partial charge in [0, 0.05) is 11.8 Å². The molecule has 0 aliphatic carbocycles. The van der Waals surface area contributed by atoms with Crippen LogP contribution in [0.15, 0.2) is 0 Å². The van der Waals surface area contributed by atoms with E-state index in [9.17, 15) is 14.9 Å². The third-order valence-corrected chi connectivity index (χ3v) is 2.24. The van der Waals surface area contributed by atoms with Gasteiger partial charge >= 0.3 is 0 Å². The molecule has 0 aliphatic heterocycles. The molecule has 0 spiro atoms. The van der Waals surface area contributed by atoms with E-state index >= 15 is 0 Å². The number of Topliss-reactive ketones (excluding diaryl/α,β-unsaturated/α-hetero) is 1. The van der Waals surface area contributed by atoms with Crippen molar-refractivity contribution >= 4 is 5.78 Å². The maximum Gasteiger partial charge on any atom is 0.295 e. The van der Waals surface area contributed by atoms with Gasteiger partial charge in [-0.2, -0.15) is 0 Å². The molecular weight excluding hydrogens is 224 g/mol. The van der Waals surface area contributed by atoms with E-state index in [0.29, 0.717) is 11.0 Å². The van der Waals surface area contributed by atoms with Crippen LogP contribution in [0.2, 0.25) is 0 Å². The zero-order valence-electron chi connectivity index (χ0n) is 11.5. The number of hydrogen-bond donors (Lipinski definition) is 0. The van der Waals surface area contributed by atoms with Gasteiger partial charge < -0.3 is 9.32 Å². The molecule has 0 saturated heterocycles. The summed E-state index contributed by atoms with van der Waals surface area (Å²) >= 11 is 0. The summed E-state index contributed by atoms with van der Waals surface area (Å²) < 4.78 is 0.510. The highest BCUT2D eigenvalue weighted by molar-refractivity contribution is 5.84. The molecule has 0 aromatic heterocycles. The number of carbonyl (C=O) groups is 1. The van der Waals surface area contributed by atoms with Crippen LogP contribution in [0.1, 0.15) is 27.2 Å². The van der Waals surface area contributed by atoms with Crippen molar-refractivity contribution in [1.82, 2.24) is 0 Å². The molecule has 0 aliphatic rings. The Morgan fingerprint density at radius 2 is 1.82 bits per heavy atom. The van der Waals surface area contributed by atoms with E-state index < -0.39 is 16.6 Å². The first-order valence-electron chi connectivity index (χ1n) is 5.57. The van der Waals surface area contributed by atoms with Crippen LogP contribution < -0.4 is 0 Å². The van der Waals surface area contributed by atoms with E-state index in [1.54, 1.807) is 20.8 Å². The van der Waals surface area contributed by atoms with E-state index in [1.165, 1.54) is 0 Å². The standard InChI is InChI=1S/C11H23N2O4/c1-11(2,3)10(14)7-9(17-12(15)16)8-13(4,5)6/h9H,7-8H2,1-6H3/q+1. The Bertz CT molecular complexity index is 289. The van der Waals surface area contributed by atoms with Crippen molar-refractivity contribution in [3.05, 3.63) is 10.1 Å². The van der Waals surface area contributed by atoms with Gasteiger partial charge in [-0.05, 0) is 0 Å². The summed E-state index contributed by atoms with van der Waals surface area (Å²) in [5.41, 5.74) is -0.497. The Morgan fingerprint density at radius 3 is 2.12 bits per heavy atom. The van der Waals surface area contributed by atoms with E-state index in [1.807, 2.05) is 21.1 Å². The molecule has 6 nitrogen and oxygen atoms in total. The van der Waals surface area contributed by atoms with Gasteiger partial charge in [-0.1, -0.05) is 20.8 Å². The van der Waals surface area contributed by atoms with E-state index in [4.69, 9.17) is 0 Å². The lowest BCUT2D eigenvalue weighted by molar-refractivity contribution is -0.885. The predicted molar refractivity (Wildman–Crippen MR) is 63.8 cm³/mol. The van der Waals surface area contributed by atoms with Crippen molar-refractivity contribution in [2.24, 2.45) is 5.41 Å². The first-order chi connectivity index (χ1) is 7.42. The predicted octanol–water partition coefficient (Wildman–Crippen LogP) is 1.27. The number of rotatable bonds is 6. The van der Waals surface area contributed by atoms with Crippen molar-refractivity contribution < 1.29 is 19.2 Å². The minimum atomic E-state index is -0.823. The molecule has 0 rings (SSSR count). The highest BCUT2D eigenvalue weighted by Crippen LogP contribution is 2.19. The third kappa shape index (κ3) is 7.68. The van der Waals surface area contributed by atoms with Gasteiger partial charge in [-0.3, -0.25) is 4.79 Å². The maximum atomic E-state index is 11.8. The van der Waals surface area contributed by atoms with Gasteiger partial charge in [0.2, 0.25) is 0 Å². The molecule has 1 unspecified atom stereocenters. The SMILES string of the molecule is CC(C)(C)C(=O)CC(C[N+](C)(C)C)O[N+](=O)[O-]. The van der Waals surface area contributed by atoms with Crippen LogP contribution in [0, 0.1) is 15.5 Å². The van der Waals surface area contributed by atoms with Gasteiger partial charge in [0.15, 0.2) is 6.10 Å². The largest absolute Gasteiger partial charge is 0.329 e. The first-order valence-corrected chi connectivity index (χ1v) is 5.57. The van der Waals surface area contributed by atoms with Crippen LogP contribution in [-0.2, 0) is 9.63 Å². The van der Waals surface area contributed by atoms with Gasteiger partial charge in [0.1, 0.15) is 12.3 Å². The lowest BCUT2D eigenvalue weighted by Gasteiger charge is -2.29. The second kappa shape index (κ2) is 5.44. The van der Waals surface area contributed by atoms with Gasteiger partial charge in [-0.15, -0.1) is 10.1 Å². The van der Waals surface area contributed by atoms with Crippen LogP contribution in [-0.4, -0.2) is 49.1 Å². The lowest BCUT2D eigenvalue weighted by atomic mass is 9.87. The van der Waals surface area contributed by atoms with E-state index in [0.717, 1.165) is 0 Å². The summed E-state index contributed by atoms with van der Waals surface area (Å²) in [6.07, 6.45) is -0.614. The number of quaternary nitrogens is 1. The number of likely N-dealkylation sites (N-methyl/N-ethyl adjacent to an activating group) is 1. The molecular formula is C11H23N2O4+. The number of nitrogens with zero attached hydrogens (tertiary/aromatic N) is 2. The van der Waals surface area contributed by atoms with Gasteiger partial charge in [0.25, 0.3) is 5.09 Å². The molecule has 0 heterocycles. The van der Waals surface area contributed by atoms with Crippen LogP contribution in [0.4, 0.5) is 0 Å². The Balaban J connectivity index is 4.60. The molecule has 0 amide bonds. The smallest absolute Gasteiger partial charge is 0.295 e. The van der Waals surface area contributed by atoms with Crippen molar-refractivity contribution in [1.29, 1.82) is 0 Å². The average Bonchev–Trinajstić information content (AvgIpc) is 1.96. The summed E-state index contributed by atoms with van der Waals surface area (Å²) in [5, 5.41) is 9.57. The van der Waals surface area contributed by atoms with E-state index in [2.05, 4.69) is 4.84 Å². The molecule has 0 radical (unpaired) electrons. The van der Waals surface area contributed by atoms with Crippen molar-refractivity contribution in [2.45, 2.75) is 33.3 Å². The number of ketones is 1. The van der Waals surface area contributed by atoms with Crippen molar-refractivity contribution in [3.63, 3.8) is 0 Å². The van der Waals surface area contributed by atoms with Crippen LogP contribution in [0.25, 0.3) is 0 Å². The second-order valence-electron chi connectivity index (χ2n) is 6.30. The minimum absolute atomic E-state index is 0.0298. The maximum absolute atomic E-state index is 11.8. The summed E-state index contributed by atoms with van der Waals surface area (Å²) in [5.74, 6) is -0.0298. The van der Waals surface area contributed by atoms with Crippen LogP contribution >= 0.6 is 0 Å². The van der Waals surface area contributed by atoms with Gasteiger partial charge in [0.05, 0.1) is 21.1 Å². The third-order valence-electron chi connectivity index (χ3n) is 2.24. The fourth-order valence-corrected chi connectivity index (χ4v) is 1.38. The Kier molecular flexibility index (Phi) is 5.07. The molecule has 0 aromatic carbocycles. The molecule has 17 heavy (non-hydrogen) atoms. The molecule has 0 aromatic rings. The van der Waals surface area contributed by atoms with Crippen LogP contribution in [0.5, 0.6) is 0 Å². The Morgan fingerprint density at radius 1 is 1.35 bits per heavy atom. The zero-order chi connectivity index (χ0) is 13.9. The molecule has 0 fully saturated rings. The molecule has 0 N–H and O–H groups in total. The van der Waals surface area contributed by atoms with Crippen molar-refractivity contribution in [2.75, 3.05) is 27.7 Å². The summed E-state index contributed by atoms with van der Waals surface area (Å²) in [4.78, 5) is 26.8. The monoisotopic (exact) mass is 247 g/mol. The molecule has 0 bridgehead atoms. The van der Waals surface area contributed by atoms with E-state index in [-0.39, 0.29) is 12.2 Å². The molecule has 0 saturated carbocycles. The first kappa shape index (κ1) is 15.8. The second-order valence-corrected chi connectivity index (χ2v) is 6.30. The topological polar surface area (TPSA) is 69.4 Å². The summed E-state index contributed by atoms with van der Waals surface area (Å²) in [7, 11) is 5.70. The zero-order valence-corrected chi connectivity index (χ0v) is 11.5. The van der Waals surface area contributed by atoms with Crippen molar-refractivity contribution in [3.8, 4) is 0 Å². The number of hydrogen-bond acceptors (Lipinski definition) is 4. The Hall–Kier alpha value is -1.17. The fraction of sp³-hybridized carbons (Fsp3) is 0.909. The summed E-state index contributed by atoms with van der Waals surface area (Å²) in [6, 6.07) is 0. The minimum Gasteiger partial charge on any atom is -0.329 e. The summed E-state index contributed by atoms with van der Waals surface area (Å²) in [6.45, 7) is 5.81. The molecule has 6 heteroatoms. The molecule has 100 valence electrons. The number of carbonyl (C=O) groups excluding carboxylic acids is 1. The van der Waals surface area contributed by atoms with Crippen LogP contribution in [0.3, 0.4) is 0 Å². The quantitative estimate of drug-likeness (QED) is 0.403. The molecule has 1 atom stereocenters. The normalized spacial score (nSPS) is 14.2. The highest BCUT2D eigenvalue weighted by Gasteiger charge is 2.29. The fourth-order valence-electron chi connectivity index (χ4n) is 1.38. The lowest BCUT2D eigenvalue weighted by Crippen LogP contribution is -2.44. The highest BCUT2D eigenvalue weighted by atomic mass is 17.0. The van der Waals surface area contributed by atoms with Gasteiger partial charge in [-0.25, -0.2) is 0 Å². The Labute approximate surface area is 102 Å². The average molecular weight is 247 g/mol.